The molecule has 0 bridgehead atoms. The van der Waals surface area contributed by atoms with E-state index in [0.717, 1.165) is 56.2 Å². The first-order chi connectivity index (χ1) is 30.7. The van der Waals surface area contributed by atoms with Crippen LogP contribution in [0.2, 0.25) is 0 Å². The zero-order valence-electron chi connectivity index (χ0n) is 34.6. The molecule has 2 aliphatic heterocycles. The zero-order chi connectivity index (χ0) is 43.0. The van der Waals surface area contributed by atoms with Crippen molar-refractivity contribution in [3.63, 3.8) is 0 Å². The van der Waals surface area contributed by atoms with E-state index in [1.54, 1.807) is 30.6 Å². The molecule has 6 aromatic heterocycles. The quantitative estimate of drug-likeness (QED) is 0.152. The molecule has 2 N–H and O–H groups in total. The molecule has 2 fully saturated rings. The van der Waals surface area contributed by atoms with Gasteiger partial charge in [-0.2, -0.15) is 20.6 Å². The molecule has 10 rings (SSSR count). The number of carbonyl (C=O) groups is 2. The highest BCUT2D eigenvalue weighted by molar-refractivity contribution is 5.95. The fourth-order valence-corrected chi connectivity index (χ4v) is 7.99. The van der Waals surface area contributed by atoms with Crippen molar-refractivity contribution in [1.82, 2.24) is 49.3 Å². The summed E-state index contributed by atoms with van der Waals surface area (Å²) in [5.74, 6) is 1.27. The summed E-state index contributed by atoms with van der Waals surface area (Å²) >= 11 is 0. The number of anilines is 3. The summed E-state index contributed by atoms with van der Waals surface area (Å²) in [6.45, 7) is 6.93. The third-order valence-corrected chi connectivity index (χ3v) is 11.8. The van der Waals surface area contributed by atoms with E-state index in [2.05, 4.69) is 83.7 Å². The van der Waals surface area contributed by atoms with Crippen LogP contribution in [0.25, 0.3) is 34.3 Å². The van der Waals surface area contributed by atoms with Gasteiger partial charge in [0.2, 0.25) is 11.8 Å². The van der Waals surface area contributed by atoms with Crippen molar-refractivity contribution in [2.45, 2.75) is 26.4 Å². The van der Waals surface area contributed by atoms with Crippen LogP contribution < -0.4 is 20.4 Å². The van der Waals surface area contributed by atoms with Gasteiger partial charge in [-0.3, -0.25) is 19.3 Å². The number of aromatic nitrogens is 9. The number of pyridine rings is 1. The third kappa shape index (κ3) is 7.95. The molecule has 0 spiro atoms. The van der Waals surface area contributed by atoms with Crippen LogP contribution in [0.1, 0.15) is 46.5 Å². The van der Waals surface area contributed by atoms with E-state index in [0.29, 0.717) is 44.0 Å². The average molecular weight is 835 g/mol. The predicted octanol–water partition coefficient (Wildman–Crippen LogP) is 5.82. The number of hydrogen-bond donors (Lipinski definition) is 2. The van der Waals surface area contributed by atoms with Crippen LogP contribution in [0.5, 0.6) is 0 Å². The molecule has 8 heterocycles. The second-order valence-electron chi connectivity index (χ2n) is 16.1. The van der Waals surface area contributed by atoms with Crippen molar-refractivity contribution >= 4 is 52.3 Å². The number of benzene rings is 2. The Hall–Kier alpha value is -8.19. The van der Waals surface area contributed by atoms with E-state index >= 15 is 0 Å². The first-order valence-electron chi connectivity index (χ1n) is 20.7. The number of rotatable bonds is 12. The number of nitriles is 1. The molecule has 63 heavy (non-hydrogen) atoms. The molecule has 0 saturated carbocycles. The SMILES string of the molecule is Cc1ccc(CNC(=O)C2CN(c3ncnn4cc(/C=C/c5cc(C(C)n6cc(-c7cc8c(N9CC(C(=O)Nc%10ccc(C#N)cc%10)C9)ncnn8c7)cn6)ccn5)cc34)C2)cc1. The van der Waals surface area contributed by atoms with Gasteiger partial charge in [0.15, 0.2) is 11.6 Å². The molecule has 8 aromatic rings. The smallest absolute Gasteiger partial charge is 0.231 e. The van der Waals surface area contributed by atoms with Crippen molar-refractivity contribution in [2.24, 2.45) is 11.8 Å². The standard InChI is InChI=1S/C47H42N14O2/c1-30-3-5-33(6-4-30)19-50-46(62)38-22-57(23-38)44-42-15-34(21-60(42)54-28-51-44)9-12-41-16-35(13-14-49-41)31(2)59-27-37(20-53-59)36-17-43-45(52-29-55-61(43)26-36)58-24-39(25-58)47(63)56-40-10-7-32(18-48)8-11-40/h3-17,20-21,26-29,31,38-39H,19,22-25H2,1-2H3,(H,50,62)(H,56,63)/b12-9+. The minimum atomic E-state index is -0.186. The van der Waals surface area contributed by atoms with Gasteiger partial charge in [0, 0.05) is 74.3 Å². The Morgan fingerprint density at radius 3 is 2.17 bits per heavy atom. The molecule has 1 atom stereocenters. The van der Waals surface area contributed by atoms with Gasteiger partial charge in [0.1, 0.15) is 23.7 Å². The largest absolute Gasteiger partial charge is 0.353 e. The average Bonchev–Trinajstić information content (AvgIpc) is 4.04. The molecule has 2 amide bonds. The highest BCUT2D eigenvalue weighted by Crippen LogP contribution is 2.32. The molecular formula is C47H42N14O2. The molecule has 2 aromatic carbocycles. The second-order valence-corrected chi connectivity index (χ2v) is 16.1. The number of aryl methyl sites for hydroxylation is 1. The van der Waals surface area contributed by atoms with E-state index in [1.807, 2.05) is 87.2 Å². The predicted molar refractivity (Wildman–Crippen MR) is 238 cm³/mol. The van der Waals surface area contributed by atoms with Crippen molar-refractivity contribution in [3.05, 3.63) is 150 Å². The summed E-state index contributed by atoms with van der Waals surface area (Å²) in [7, 11) is 0. The Kier molecular flexibility index (Phi) is 10.1. The minimum Gasteiger partial charge on any atom is -0.353 e. The molecule has 312 valence electrons. The van der Waals surface area contributed by atoms with Gasteiger partial charge in [-0.15, -0.1) is 0 Å². The lowest BCUT2D eigenvalue weighted by atomic mass is 9.99. The maximum Gasteiger partial charge on any atom is 0.231 e. The van der Waals surface area contributed by atoms with Crippen LogP contribution in [0.3, 0.4) is 0 Å². The minimum absolute atomic E-state index is 0.0531. The van der Waals surface area contributed by atoms with Crippen LogP contribution >= 0.6 is 0 Å². The summed E-state index contributed by atoms with van der Waals surface area (Å²) in [4.78, 5) is 43.7. The summed E-state index contributed by atoms with van der Waals surface area (Å²) in [6.07, 6.45) is 16.7. The van der Waals surface area contributed by atoms with Gasteiger partial charge in [-0.05, 0) is 85.1 Å². The van der Waals surface area contributed by atoms with Gasteiger partial charge < -0.3 is 20.4 Å². The monoisotopic (exact) mass is 834 g/mol. The van der Waals surface area contributed by atoms with E-state index < -0.39 is 0 Å². The Morgan fingerprint density at radius 1 is 0.778 bits per heavy atom. The lowest BCUT2D eigenvalue weighted by Crippen LogP contribution is -2.54. The first kappa shape index (κ1) is 39.0. The molecule has 2 saturated heterocycles. The van der Waals surface area contributed by atoms with Gasteiger partial charge in [-0.1, -0.05) is 35.9 Å². The van der Waals surface area contributed by atoms with Crippen molar-refractivity contribution in [3.8, 4) is 17.2 Å². The summed E-state index contributed by atoms with van der Waals surface area (Å²) in [5.41, 5.74) is 9.90. The van der Waals surface area contributed by atoms with Crippen molar-refractivity contribution in [2.75, 3.05) is 41.3 Å². The topological polar surface area (TPSA) is 180 Å². The molecule has 16 heteroatoms. The summed E-state index contributed by atoms with van der Waals surface area (Å²) < 4.78 is 5.56. The van der Waals surface area contributed by atoms with E-state index in [1.165, 1.54) is 11.9 Å². The number of amides is 2. The van der Waals surface area contributed by atoms with Crippen LogP contribution in [-0.2, 0) is 16.1 Å². The van der Waals surface area contributed by atoms with Gasteiger partial charge in [-0.25, -0.2) is 19.0 Å². The van der Waals surface area contributed by atoms with E-state index in [-0.39, 0.29) is 29.7 Å². The van der Waals surface area contributed by atoms with E-state index in [9.17, 15) is 9.59 Å². The maximum atomic E-state index is 12.9. The molecule has 1 unspecified atom stereocenters. The highest BCUT2D eigenvalue weighted by atomic mass is 16.2. The Morgan fingerprint density at radius 2 is 1.46 bits per heavy atom. The van der Waals surface area contributed by atoms with E-state index in [4.69, 9.17) is 10.4 Å². The van der Waals surface area contributed by atoms with Crippen LogP contribution in [-0.4, -0.2) is 82.0 Å². The normalized spacial score (nSPS) is 14.7. The Labute approximate surface area is 362 Å². The summed E-state index contributed by atoms with van der Waals surface area (Å²) in [6, 6.07) is 25.2. The lowest BCUT2D eigenvalue weighted by molar-refractivity contribution is -0.126. The van der Waals surface area contributed by atoms with Crippen LogP contribution in [0, 0.1) is 30.1 Å². The summed E-state index contributed by atoms with van der Waals surface area (Å²) in [5, 5.41) is 28.7. The molecule has 0 aliphatic carbocycles. The maximum absolute atomic E-state index is 12.9. The van der Waals surface area contributed by atoms with Crippen molar-refractivity contribution < 1.29 is 9.59 Å². The fraction of sp³-hybridized carbons (Fsp3) is 0.213. The number of hydrogen-bond acceptors (Lipinski definition) is 11. The lowest BCUT2D eigenvalue weighted by Gasteiger charge is -2.39. The van der Waals surface area contributed by atoms with Gasteiger partial charge >= 0.3 is 0 Å². The third-order valence-electron chi connectivity index (χ3n) is 11.8. The molecule has 2 aliphatic rings. The van der Waals surface area contributed by atoms with Crippen molar-refractivity contribution in [1.29, 1.82) is 5.26 Å². The molecular weight excluding hydrogens is 793 g/mol. The highest BCUT2D eigenvalue weighted by Gasteiger charge is 2.36. The van der Waals surface area contributed by atoms with Gasteiger partial charge in [0.25, 0.3) is 0 Å². The molecule has 0 radical (unpaired) electrons. The Balaban J connectivity index is 0.767. The Bertz CT molecular complexity index is 3060. The second kappa shape index (κ2) is 16.3. The first-order valence-corrected chi connectivity index (χ1v) is 20.7. The zero-order valence-corrected chi connectivity index (χ0v) is 34.6. The number of carbonyl (C=O) groups excluding carboxylic acids is 2. The van der Waals surface area contributed by atoms with Gasteiger partial charge in [0.05, 0.1) is 41.4 Å². The number of nitrogens with one attached hydrogen (secondary N) is 2. The van der Waals surface area contributed by atoms with Crippen LogP contribution in [0.15, 0.2) is 116 Å². The number of nitrogens with zero attached hydrogens (tertiary/aromatic N) is 12. The number of fused-ring (bicyclic) bond motifs is 2. The molecule has 16 nitrogen and oxygen atoms in total. The fourth-order valence-electron chi connectivity index (χ4n) is 7.99. The van der Waals surface area contributed by atoms with Crippen LogP contribution in [0.4, 0.5) is 17.3 Å².